The standard InChI is InChI=1S/C25H25F2N3OS/c26-18-9-8-17-4-3-7-22-23(20(17)14-18)29-25(32-22)28-15-16-10-12-30(13-11-16)24(31)19-5-1-2-6-21(19)27/h1-2,5-6,8-9,14,16H,3-4,7,10-13,15H2,(H,28,29). The first kappa shape index (κ1) is 21.1. The van der Waals surface area contributed by atoms with Crippen LogP contribution in [0.1, 0.15) is 40.1 Å². The fourth-order valence-corrected chi connectivity index (χ4v) is 5.64. The minimum Gasteiger partial charge on any atom is -0.361 e. The van der Waals surface area contributed by atoms with Crippen LogP contribution < -0.4 is 5.32 Å². The van der Waals surface area contributed by atoms with E-state index in [1.54, 1.807) is 40.5 Å². The van der Waals surface area contributed by atoms with Gasteiger partial charge in [-0.3, -0.25) is 4.79 Å². The van der Waals surface area contributed by atoms with Gasteiger partial charge < -0.3 is 10.2 Å². The highest BCUT2D eigenvalue weighted by atomic mass is 32.1. The highest BCUT2D eigenvalue weighted by molar-refractivity contribution is 7.16. The van der Waals surface area contributed by atoms with E-state index in [1.807, 2.05) is 6.07 Å². The first-order valence-electron chi connectivity index (χ1n) is 11.1. The number of amides is 1. The third-order valence-corrected chi connectivity index (χ3v) is 7.50. The highest BCUT2D eigenvalue weighted by Gasteiger charge is 2.26. The lowest BCUT2D eigenvalue weighted by Gasteiger charge is -2.32. The topological polar surface area (TPSA) is 45.2 Å². The van der Waals surface area contributed by atoms with E-state index in [-0.39, 0.29) is 17.3 Å². The van der Waals surface area contributed by atoms with E-state index in [4.69, 9.17) is 4.98 Å². The highest BCUT2D eigenvalue weighted by Crippen LogP contribution is 2.37. The van der Waals surface area contributed by atoms with Crippen LogP contribution in [-0.4, -0.2) is 35.4 Å². The van der Waals surface area contributed by atoms with E-state index in [0.717, 1.165) is 60.6 Å². The number of hydrogen-bond acceptors (Lipinski definition) is 4. The van der Waals surface area contributed by atoms with Crippen molar-refractivity contribution in [2.24, 2.45) is 5.92 Å². The van der Waals surface area contributed by atoms with Crippen LogP contribution in [0.2, 0.25) is 0 Å². The number of likely N-dealkylation sites (tertiary alicyclic amines) is 1. The molecule has 2 aliphatic rings. The number of benzene rings is 2. The predicted octanol–water partition coefficient (Wildman–Crippen LogP) is 5.54. The lowest BCUT2D eigenvalue weighted by Crippen LogP contribution is -2.40. The zero-order valence-corrected chi connectivity index (χ0v) is 18.6. The van der Waals surface area contributed by atoms with Crippen LogP contribution in [0.15, 0.2) is 42.5 Å². The van der Waals surface area contributed by atoms with Gasteiger partial charge in [0, 0.05) is 30.1 Å². The van der Waals surface area contributed by atoms with Crippen LogP contribution in [0.4, 0.5) is 13.9 Å². The molecule has 0 radical (unpaired) electrons. The summed E-state index contributed by atoms with van der Waals surface area (Å²) in [4.78, 5) is 20.4. The van der Waals surface area contributed by atoms with Crippen molar-refractivity contribution in [2.75, 3.05) is 25.0 Å². The van der Waals surface area contributed by atoms with Gasteiger partial charge in [0.2, 0.25) is 0 Å². The molecule has 1 aliphatic heterocycles. The van der Waals surface area contributed by atoms with Crippen molar-refractivity contribution in [1.82, 2.24) is 9.88 Å². The smallest absolute Gasteiger partial charge is 0.256 e. The van der Waals surface area contributed by atoms with Gasteiger partial charge in [-0.2, -0.15) is 0 Å². The van der Waals surface area contributed by atoms with Gasteiger partial charge >= 0.3 is 0 Å². The summed E-state index contributed by atoms with van der Waals surface area (Å²) in [5.74, 6) is -0.501. The Balaban J connectivity index is 1.20. The zero-order chi connectivity index (χ0) is 22.1. The summed E-state index contributed by atoms with van der Waals surface area (Å²) < 4.78 is 27.8. The lowest BCUT2D eigenvalue weighted by atomic mass is 9.96. The number of piperidine rings is 1. The normalized spacial score (nSPS) is 16.2. The largest absolute Gasteiger partial charge is 0.361 e. The van der Waals surface area contributed by atoms with Gasteiger partial charge in [-0.15, -0.1) is 11.3 Å². The summed E-state index contributed by atoms with van der Waals surface area (Å²) in [6.45, 7) is 2.03. The summed E-state index contributed by atoms with van der Waals surface area (Å²) in [7, 11) is 0. The van der Waals surface area contributed by atoms with Crippen LogP contribution >= 0.6 is 11.3 Å². The number of carbonyl (C=O) groups is 1. The van der Waals surface area contributed by atoms with Gasteiger partial charge in [0.05, 0.1) is 11.3 Å². The molecule has 5 rings (SSSR count). The number of rotatable bonds is 4. The summed E-state index contributed by atoms with van der Waals surface area (Å²) in [6, 6.07) is 11.2. The Morgan fingerprint density at radius 3 is 2.75 bits per heavy atom. The lowest BCUT2D eigenvalue weighted by molar-refractivity contribution is 0.0690. The van der Waals surface area contributed by atoms with Gasteiger partial charge in [0.25, 0.3) is 5.91 Å². The SMILES string of the molecule is O=C(c1ccccc1F)N1CCC(CNc2nc3c(s2)CCCc2ccc(F)cc2-3)CC1. The van der Waals surface area contributed by atoms with E-state index in [9.17, 15) is 13.6 Å². The van der Waals surface area contributed by atoms with E-state index in [0.29, 0.717) is 19.0 Å². The van der Waals surface area contributed by atoms with E-state index in [1.165, 1.54) is 17.0 Å². The van der Waals surface area contributed by atoms with Gasteiger partial charge in [-0.25, -0.2) is 13.8 Å². The second-order valence-corrected chi connectivity index (χ2v) is 9.63. The number of aryl methyl sites for hydroxylation is 2. The number of anilines is 1. The fraction of sp³-hybridized carbons (Fsp3) is 0.360. The number of nitrogens with one attached hydrogen (secondary N) is 1. The number of nitrogens with zero attached hydrogens (tertiary/aromatic N) is 2. The number of halogens is 2. The van der Waals surface area contributed by atoms with Crippen molar-refractivity contribution in [2.45, 2.75) is 32.1 Å². The minimum absolute atomic E-state index is 0.144. The Hall–Kier alpha value is -2.80. The molecule has 1 amide bonds. The third kappa shape index (κ3) is 4.26. The Kier molecular flexibility index (Phi) is 5.91. The van der Waals surface area contributed by atoms with Gasteiger partial charge in [0.15, 0.2) is 5.13 Å². The monoisotopic (exact) mass is 453 g/mol. The van der Waals surface area contributed by atoms with E-state index >= 15 is 0 Å². The minimum atomic E-state index is -0.466. The Bertz CT molecular complexity index is 1140. The molecule has 7 heteroatoms. The van der Waals surface area contributed by atoms with Crippen molar-refractivity contribution in [3.05, 3.63) is 70.1 Å². The second kappa shape index (κ2) is 8.98. The van der Waals surface area contributed by atoms with Crippen LogP contribution in [0.5, 0.6) is 0 Å². The molecular formula is C25H25F2N3OS. The van der Waals surface area contributed by atoms with Crippen LogP contribution in [0.3, 0.4) is 0 Å². The molecule has 1 saturated heterocycles. The van der Waals surface area contributed by atoms with Crippen molar-refractivity contribution in [1.29, 1.82) is 0 Å². The van der Waals surface area contributed by atoms with Crippen molar-refractivity contribution < 1.29 is 13.6 Å². The molecule has 1 N–H and O–H groups in total. The second-order valence-electron chi connectivity index (χ2n) is 8.54. The molecule has 3 aromatic rings. The molecule has 1 fully saturated rings. The van der Waals surface area contributed by atoms with Gasteiger partial charge in [0.1, 0.15) is 11.6 Å². The fourth-order valence-electron chi connectivity index (χ4n) is 4.61. The Morgan fingerprint density at radius 2 is 1.94 bits per heavy atom. The van der Waals surface area contributed by atoms with Crippen LogP contribution in [0.25, 0.3) is 11.3 Å². The van der Waals surface area contributed by atoms with E-state index < -0.39 is 5.82 Å². The average Bonchev–Trinajstić information content (AvgIpc) is 3.14. The summed E-state index contributed by atoms with van der Waals surface area (Å²) >= 11 is 1.66. The van der Waals surface area contributed by atoms with E-state index in [2.05, 4.69) is 5.32 Å². The molecule has 2 aromatic carbocycles. The predicted molar refractivity (Wildman–Crippen MR) is 123 cm³/mol. The molecular weight excluding hydrogens is 428 g/mol. The quantitative estimate of drug-likeness (QED) is 0.564. The summed E-state index contributed by atoms with van der Waals surface area (Å²) in [5.41, 5.74) is 3.13. The van der Waals surface area contributed by atoms with Crippen LogP contribution in [-0.2, 0) is 12.8 Å². The molecule has 32 heavy (non-hydrogen) atoms. The van der Waals surface area contributed by atoms with Crippen molar-refractivity contribution >= 4 is 22.4 Å². The molecule has 0 bridgehead atoms. The molecule has 4 nitrogen and oxygen atoms in total. The molecule has 2 heterocycles. The summed E-state index contributed by atoms with van der Waals surface area (Å²) in [6.07, 6.45) is 4.69. The molecule has 0 unspecified atom stereocenters. The van der Waals surface area contributed by atoms with Gasteiger partial charge in [-0.1, -0.05) is 18.2 Å². The molecule has 166 valence electrons. The third-order valence-electron chi connectivity index (χ3n) is 6.42. The maximum absolute atomic E-state index is 13.9. The number of aromatic nitrogens is 1. The number of hydrogen-bond donors (Lipinski definition) is 1. The maximum Gasteiger partial charge on any atom is 0.256 e. The first-order valence-corrected chi connectivity index (χ1v) is 12.0. The molecule has 1 aliphatic carbocycles. The molecule has 0 saturated carbocycles. The first-order chi connectivity index (χ1) is 15.6. The van der Waals surface area contributed by atoms with Crippen molar-refractivity contribution in [3.8, 4) is 11.3 Å². The Labute approximate surface area is 190 Å². The van der Waals surface area contributed by atoms with Gasteiger partial charge in [-0.05, 0) is 67.9 Å². The maximum atomic E-state index is 13.9. The zero-order valence-electron chi connectivity index (χ0n) is 17.7. The van der Waals surface area contributed by atoms with Crippen molar-refractivity contribution in [3.63, 3.8) is 0 Å². The molecule has 0 spiro atoms. The summed E-state index contributed by atoms with van der Waals surface area (Å²) in [5, 5.41) is 4.34. The molecule has 0 atom stereocenters. The number of fused-ring (bicyclic) bond motifs is 3. The average molecular weight is 454 g/mol. The molecule has 1 aromatic heterocycles. The Morgan fingerprint density at radius 1 is 1.12 bits per heavy atom. The number of carbonyl (C=O) groups excluding carboxylic acids is 1. The number of thiazole rings is 1. The van der Waals surface area contributed by atoms with Crippen LogP contribution in [0, 0.1) is 17.6 Å².